The number of aromatic nitrogens is 1. The number of allylic oxidation sites excluding steroid dienone is 1. The number of nitrogens with zero attached hydrogens (tertiary/aromatic N) is 4. The van der Waals surface area contributed by atoms with Gasteiger partial charge >= 0.3 is 0 Å². The van der Waals surface area contributed by atoms with Gasteiger partial charge in [0.2, 0.25) is 0 Å². The minimum absolute atomic E-state index is 0.0232. The summed E-state index contributed by atoms with van der Waals surface area (Å²) in [5, 5.41) is 3.47. The van der Waals surface area contributed by atoms with Gasteiger partial charge in [0, 0.05) is 16.7 Å². The second kappa shape index (κ2) is 6.31. The van der Waals surface area contributed by atoms with E-state index in [1.54, 1.807) is 36.5 Å². The molecule has 0 saturated heterocycles. The van der Waals surface area contributed by atoms with E-state index in [0.717, 1.165) is 5.56 Å². The molecule has 0 saturated carbocycles. The molecule has 1 heterocycles. The zero-order chi connectivity index (χ0) is 14.4. The molecule has 0 spiro atoms. The highest BCUT2D eigenvalue weighted by molar-refractivity contribution is 6.10. The molecule has 0 fully saturated rings. The van der Waals surface area contributed by atoms with Crippen molar-refractivity contribution in [2.45, 2.75) is 6.92 Å². The van der Waals surface area contributed by atoms with Crippen molar-refractivity contribution < 1.29 is 4.79 Å². The van der Waals surface area contributed by atoms with E-state index in [9.17, 15) is 4.79 Å². The van der Waals surface area contributed by atoms with Crippen molar-refractivity contribution in [1.29, 1.82) is 0 Å². The van der Waals surface area contributed by atoms with Crippen molar-refractivity contribution in [3.05, 3.63) is 81.6 Å². The second-order valence-corrected chi connectivity index (χ2v) is 4.17. The van der Waals surface area contributed by atoms with Crippen LogP contribution in [0.5, 0.6) is 0 Å². The SMILES string of the molecule is Cc1ccc(C(=O)/C(=C/c2ccccn2)N=[N+]=[N-])cc1. The molecular weight excluding hydrogens is 252 g/mol. The van der Waals surface area contributed by atoms with Gasteiger partial charge in [0.05, 0.1) is 11.4 Å². The third-order valence-electron chi connectivity index (χ3n) is 2.67. The average molecular weight is 264 g/mol. The number of rotatable bonds is 4. The molecule has 2 rings (SSSR count). The molecule has 20 heavy (non-hydrogen) atoms. The van der Waals surface area contributed by atoms with Crippen molar-refractivity contribution in [3.63, 3.8) is 0 Å². The Labute approximate surface area is 116 Å². The Morgan fingerprint density at radius 2 is 2.00 bits per heavy atom. The minimum Gasteiger partial charge on any atom is -0.289 e. The molecule has 0 bridgehead atoms. The van der Waals surface area contributed by atoms with Crippen molar-refractivity contribution in [3.8, 4) is 0 Å². The fourth-order valence-electron chi connectivity index (χ4n) is 1.64. The van der Waals surface area contributed by atoms with Crippen molar-refractivity contribution in [2.75, 3.05) is 0 Å². The number of hydrogen-bond acceptors (Lipinski definition) is 3. The molecule has 0 unspecified atom stereocenters. The van der Waals surface area contributed by atoms with Crippen LogP contribution in [0.25, 0.3) is 16.5 Å². The Bertz CT molecular complexity index is 684. The third-order valence-corrected chi connectivity index (χ3v) is 2.67. The van der Waals surface area contributed by atoms with Crippen LogP contribution >= 0.6 is 0 Å². The number of ketones is 1. The predicted octanol–water partition coefficient (Wildman–Crippen LogP) is 3.92. The number of benzene rings is 1. The van der Waals surface area contributed by atoms with E-state index in [1.807, 2.05) is 19.1 Å². The first-order valence-corrected chi connectivity index (χ1v) is 6.00. The van der Waals surface area contributed by atoms with Crippen LogP contribution in [0.4, 0.5) is 0 Å². The summed E-state index contributed by atoms with van der Waals surface area (Å²) in [7, 11) is 0. The number of carbonyl (C=O) groups is 1. The summed E-state index contributed by atoms with van der Waals surface area (Å²) >= 11 is 0. The van der Waals surface area contributed by atoms with E-state index in [2.05, 4.69) is 15.0 Å². The van der Waals surface area contributed by atoms with Crippen LogP contribution < -0.4 is 0 Å². The number of hydrogen-bond donors (Lipinski definition) is 0. The largest absolute Gasteiger partial charge is 0.289 e. The van der Waals surface area contributed by atoms with Crippen LogP contribution in [0.3, 0.4) is 0 Å². The molecule has 0 aliphatic carbocycles. The summed E-state index contributed by atoms with van der Waals surface area (Å²) in [6.45, 7) is 1.94. The van der Waals surface area contributed by atoms with Crippen LogP contribution in [0, 0.1) is 6.92 Å². The third kappa shape index (κ3) is 3.31. The van der Waals surface area contributed by atoms with Crippen LogP contribution in [0.2, 0.25) is 0 Å². The van der Waals surface area contributed by atoms with Gasteiger partial charge < -0.3 is 0 Å². The average Bonchev–Trinajstić information content (AvgIpc) is 2.48. The van der Waals surface area contributed by atoms with Gasteiger partial charge in [-0.1, -0.05) is 41.0 Å². The lowest BCUT2D eigenvalue weighted by molar-refractivity contribution is 0.103. The van der Waals surface area contributed by atoms with E-state index < -0.39 is 0 Å². The molecule has 1 aromatic heterocycles. The van der Waals surface area contributed by atoms with Gasteiger partial charge in [-0.2, -0.15) is 0 Å². The van der Waals surface area contributed by atoms with Crippen LogP contribution in [-0.4, -0.2) is 10.8 Å². The Morgan fingerprint density at radius 3 is 2.60 bits per heavy atom. The summed E-state index contributed by atoms with van der Waals surface area (Å²) < 4.78 is 0. The van der Waals surface area contributed by atoms with Crippen LogP contribution in [0.1, 0.15) is 21.6 Å². The predicted molar refractivity (Wildman–Crippen MR) is 76.9 cm³/mol. The van der Waals surface area contributed by atoms with Crippen LogP contribution in [-0.2, 0) is 0 Å². The van der Waals surface area contributed by atoms with Gasteiger partial charge in [-0.3, -0.25) is 9.78 Å². The van der Waals surface area contributed by atoms with Gasteiger partial charge in [0.15, 0.2) is 5.78 Å². The second-order valence-electron chi connectivity index (χ2n) is 4.17. The van der Waals surface area contributed by atoms with E-state index in [4.69, 9.17) is 5.53 Å². The highest BCUT2D eigenvalue weighted by Gasteiger charge is 2.11. The molecule has 98 valence electrons. The monoisotopic (exact) mass is 264 g/mol. The summed E-state index contributed by atoms with van der Waals surface area (Å²) in [6, 6.07) is 12.4. The molecule has 0 aliphatic rings. The number of aryl methyl sites for hydroxylation is 1. The Hall–Kier alpha value is -2.91. The Morgan fingerprint density at radius 1 is 1.25 bits per heavy atom. The fraction of sp³-hybridized carbons (Fsp3) is 0.0667. The maximum absolute atomic E-state index is 12.3. The molecule has 5 nitrogen and oxygen atoms in total. The standard InChI is InChI=1S/C15H12N4O/c1-11-5-7-12(8-6-11)15(20)14(18-19-16)10-13-4-2-3-9-17-13/h2-10H,1H3/b14-10-. The summed E-state index contributed by atoms with van der Waals surface area (Å²) in [6.07, 6.45) is 3.08. The lowest BCUT2D eigenvalue weighted by Gasteiger charge is -2.02. The number of azide groups is 1. The zero-order valence-corrected chi connectivity index (χ0v) is 10.9. The van der Waals surface area contributed by atoms with E-state index in [0.29, 0.717) is 11.3 Å². The lowest BCUT2D eigenvalue weighted by Crippen LogP contribution is -2.01. The maximum Gasteiger partial charge on any atom is 0.195 e. The van der Waals surface area contributed by atoms with Gasteiger partial charge in [-0.05, 0) is 30.7 Å². The van der Waals surface area contributed by atoms with E-state index >= 15 is 0 Å². The number of pyridine rings is 1. The van der Waals surface area contributed by atoms with Crippen molar-refractivity contribution in [1.82, 2.24) is 4.98 Å². The molecule has 2 aromatic rings. The quantitative estimate of drug-likeness (QED) is 0.276. The van der Waals surface area contributed by atoms with Gasteiger partial charge in [-0.25, -0.2) is 0 Å². The Balaban J connectivity index is 2.38. The first kappa shape index (κ1) is 13.5. The van der Waals surface area contributed by atoms with Crippen molar-refractivity contribution in [2.24, 2.45) is 5.11 Å². The molecule has 0 radical (unpaired) electrons. The summed E-state index contributed by atoms with van der Waals surface area (Å²) in [5.41, 5.74) is 10.7. The van der Waals surface area contributed by atoms with Crippen LogP contribution in [0.15, 0.2) is 59.5 Å². The lowest BCUT2D eigenvalue weighted by atomic mass is 10.1. The fourth-order valence-corrected chi connectivity index (χ4v) is 1.64. The topological polar surface area (TPSA) is 78.7 Å². The highest BCUT2D eigenvalue weighted by Crippen LogP contribution is 2.14. The van der Waals surface area contributed by atoms with E-state index in [-0.39, 0.29) is 11.5 Å². The first-order valence-electron chi connectivity index (χ1n) is 6.00. The summed E-state index contributed by atoms with van der Waals surface area (Å²) in [4.78, 5) is 19.1. The number of Topliss-reactive ketones (excluding diaryl/α,β-unsaturated/α-hetero) is 1. The van der Waals surface area contributed by atoms with Gasteiger partial charge in [0.1, 0.15) is 0 Å². The maximum atomic E-state index is 12.3. The molecule has 0 amide bonds. The van der Waals surface area contributed by atoms with Gasteiger partial charge in [-0.15, -0.1) is 0 Å². The molecule has 5 heteroatoms. The first-order chi connectivity index (χ1) is 9.70. The molecule has 0 N–H and O–H groups in total. The molecule has 1 aromatic carbocycles. The highest BCUT2D eigenvalue weighted by atomic mass is 16.1. The summed E-state index contributed by atoms with van der Waals surface area (Å²) in [5.74, 6) is -0.326. The van der Waals surface area contributed by atoms with E-state index in [1.165, 1.54) is 6.08 Å². The smallest absolute Gasteiger partial charge is 0.195 e. The van der Waals surface area contributed by atoms with Crippen molar-refractivity contribution >= 4 is 11.9 Å². The molecule has 0 atom stereocenters. The zero-order valence-electron chi connectivity index (χ0n) is 10.9. The molecular formula is C15H12N4O. The normalized spacial score (nSPS) is 10.8. The minimum atomic E-state index is -0.326. The number of carbonyl (C=O) groups excluding carboxylic acids is 1. The molecule has 0 aliphatic heterocycles. The van der Waals surface area contributed by atoms with Gasteiger partial charge in [0.25, 0.3) is 0 Å². The Kier molecular flexibility index (Phi) is 4.27.